The molecule has 1 atom stereocenters. The highest BCUT2D eigenvalue weighted by molar-refractivity contribution is 9.11. The zero-order valence-corrected chi connectivity index (χ0v) is 13.6. The second kappa shape index (κ2) is 6.55. The van der Waals surface area contributed by atoms with Gasteiger partial charge in [-0.1, -0.05) is 17.7 Å². The van der Waals surface area contributed by atoms with Gasteiger partial charge in [-0.05, 0) is 60.0 Å². The van der Waals surface area contributed by atoms with E-state index in [1.165, 1.54) is 16.0 Å². The maximum atomic E-state index is 5.93. The largest absolute Gasteiger partial charge is 0.488 e. The van der Waals surface area contributed by atoms with Crippen LogP contribution in [0.25, 0.3) is 0 Å². The van der Waals surface area contributed by atoms with Gasteiger partial charge >= 0.3 is 0 Å². The van der Waals surface area contributed by atoms with Crippen molar-refractivity contribution in [3.05, 3.63) is 50.1 Å². The first kappa shape index (κ1) is 14.6. The molecule has 0 amide bonds. The summed E-state index contributed by atoms with van der Waals surface area (Å²) in [5, 5.41) is 0. The Morgan fingerprint density at radius 3 is 2.74 bits per heavy atom. The molecule has 0 saturated carbocycles. The normalized spacial score (nSPS) is 12.4. The number of halogens is 1. The van der Waals surface area contributed by atoms with E-state index in [9.17, 15) is 0 Å². The molecule has 0 aliphatic rings. The Hall–Kier alpha value is -0.840. The lowest BCUT2D eigenvalue weighted by atomic mass is 10.0. The van der Waals surface area contributed by atoms with Crippen LogP contribution in [0.4, 0.5) is 0 Å². The number of thiophene rings is 1. The Morgan fingerprint density at radius 1 is 1.32 bits per heavy atom. The molecule has 2 aromatic rings. The quantitative estimate of drug-likeness (QED) is 0.881. The van der Waals surface area contributed by atoms with Gasteiger partial charge in [0.1, 0.15) is 12.4 Å². The van der Waals surface area contributed by atoms with Gasteiger partial charge in [-0.15, -0.1) is 11.3 Å². The summed E-state index contributed by atoms with van der Waals surface area (Å²) in [5.41, 5.74) is 8.32. The van der Waals surface area contributed by atoms with Gasteiger partial charge in [0.15, 0.2) is 0 Å². The maximum Gasteiger partial charge on any atom is 0.123 e. The smallest absolute Gasteiger partial charge is 0.123 e. The summed E-state index contributed by atoms with van der Waals surface area (Å²) >= 11 is 5.16. The van der Waals surface area contributed by atoms with Gasteiger partial charge in [0, 0.05) is 10.9 Å². The van der Waals surface area contributed by atoms with Gasteiger partial charge in [-0.2, -0.15) is 0 Å². The zero-order chi connectivity index (χ0) is 13.8. The standard InChI is InChI=1S/C15H18BrNOS/c1-10-3-5-14(12(7-10)8-11(2)17)18-9-13-4-6-15(16)19-13/h3-7,11H,8-9,17H2,1-2H3. The predicted octanol–water partition coefficient (Wildman–Crippen LogP) is 4.29. The minimum Gasteiger partial charge on any atom is -0.488 e. The highest BCUT2D eigenvalue weighted by Crippen LogP contribution is 2.26. The summed E-state index contributed by atoms with van der Waals surface area (Å²) in [6, 6.07) is 10.5. The zero-order valence-electron chi connectivity index (χ0n) is 11.2. The van der Waals surface area contributed by atoms with Crippen LogP contribution in [-0.2, 0) is 13.0 Å². The van der Waals surface area contributed by atoms with Crippen LogP contribution in [0.3, 0.4) is 0 Å². The molecule has 1 unspecified atom stereocenters. The summed E-state index contributed by atoms with van der Waals surface area (Å²) < 4.78 is 7.06. The van der Waals surface area contributed by atoms with Gasteiger partial charge in [-0.3, -0.25) is 0 Å². The number of hydrogen-bond acceptors (Lipinski definition) is 3. The molecule has 1 aromatic heterocycles. The van der Waals surface area contributed by atoms with Gasteiger partial charge in [0.25, 0.3) is 0 Å². The highest BCUT2D eigenvalue weighted by Gasteiger charge is 2.07. The lowest BCUT2D eigenvalue weighted by molar-refractivity contribution is 0.306. The molecule has 2 nitrogen and oxygen atoms in total. The second-order valence-electron chi connectivity index (χ2n) is 4.79. The van der Waals surface area contributed by atoms with E-state index in [0.717, 1.165) is 16.0 Å². The summed E-state index contributed by atoms with van der Waals surface area (Å²) in [6.07, 6.45) is 0.838. The van der Waals surface area contributed by atoms with E-state index in [1.54, 1.807) is 11.3 Å². The maximum absolute atomic E-state index is 5.93. The van der Waals surface area contributed by atoms with Crippen molar-refractivity contribution < 1.29 is 4.74 Å². The summed E-state index contributed by atoms with van der Waals surface area (Å²) in [7, 11) is 0. The summed E-state index contributed by atoms with van der Waals surface area (Å²) in [6.45, 7) is 4.71. The van der Waals surface area contributed by atoms with Crippen molar-refractivity contribution in [3.63, 3.8) is 0 Å². The fraction of sp³-hybridized carbons (Fsp3) is 0.333. The number of nitrogens with two attached hydrogens (primary N) is 1. The topological polar surface area (TPSA) is 35.2 Å². The van der Waals surface area contributed by atoms with Crippen molar-refractivity contribution >= 4 is 27.3 Å². The van der Waals surface area contributed by atoms with E-state index in [0.29, 0.717) is 6.61 Å². The van der Waals surface area contributed by atoms with Gasteiger partial charge in [-0.25, -0.2) is 0 Å². The molecule has 2 rings (SSSR count). The molecule has 0 radical (unpaired) electrons. The van der Waals surface area contributed by atoms with Crippen LogP contribution >= 0.6 is 27.3 Å². The molecule has 0 aliphatic carbocycles. The van der Waals surface area contributed by atoms with Crippen LogP contribution in [0, 0.1) is 6.92 Å². The average molecular weight is 340 g/mol. The Kier molecular flexibility index (Phi) is 5.02. The third-order valence-corrected chi connectivity index (χ3v) is 4.35. The lowest BCUT2D eigenvalue weighted by Gasteiger charge is -2.13. The first-order valence-corrected chi connectivity index (χ1v) is 7.87. The minimum atomic E-state index is 0.139. The Morgan fingerprint density at radius 2 is 2.11 bits per heavy atom. The molecule has 102 valence electrons. The van der Waals surface area contributed by atoms with Crippen LogP contribution in [-0.4, -0.2) is 6.04 Å². The van der Waals surface area contributed by atoms with Gasteiger partial charge < -0.3 is 10.5 Å². The van der Waals surface area contributed by atoms with Crippen molar-refractivity contribution in [2.45, 2.75) is 32.9 Å². The third kappa shape index (κ3) is 4.34. The monoisotopic (exact) mass is 339 g/mol. The van der Waals surface area contributed by atoms with E-state index in [4.69, 9.17) is 10.5 Å². The minimum absolute atomic E-state index is 0.139. The van der Waals surface area contributed by atoms with Crippen LogP contribution in [0.2, 0.25) is 0 Å². The molecule has 1 aromatic carbocycles. The van der Waals surface area contributed by atoms with Crippen molar-refractivity contribution in [1.82, 2.24) is 0 Å². The molecule has 4 heteroatoms. The predicted molar refractivity (Wildman–Crippen MR) is 84.9 cm³/mol. The molecule has 19 heavy (non-hydrogen) atoms. The summed E-state index contributed by atoms with van der Waals surface area (Å²) in [4.78, 5) is 1.21. The number of hydrogen-bond donors (Lipinski definition) is 1. The molecule has 1 heterocycles. The Labute approximate surface area is 126 Å². The molecule has 0 aliphatic heterocycles. The molecule has 2 N–H and O–H groups in total. The number of aryl methyl sites for hydroxylation is 1. The van der Waals surface area contributed by atoms with Crippen LogP contribution < -0.4 is 10.5 Å². The Bertz CT molecular complexity index is 551. The van der Waals surface area contributed by atoms with Gasteiger partial charge in [0.05, 0.1) is 3.79 Å². The molecular weight excluding hydrogens is 322 g/mol. The van der Waals surface area contributed by atoms with Crippen molar-refractivity contribution in [1.29, 1.82) is 0 Å². The van der Waals surface area contributed by atoms with Gasteiger partial charge in [0.2, 0.25) is 0 Å². The van der Waals surface area contributed by atoms with E-state index >= 15 is 0 Å². The van der Waals surface area contributed by atoms with Crippen molar-refractivity contribution in [2.75, 3.05) is 0 Å². The molecule has 0 spiro atoms. The fourth-order valence-corrected chi connectivity index (χ4v) is 3.33. The van der Waals surface area contributed by atoms with Crippen LogP contribution in [0.5, 0.6) is 5.75 Å². The summed E-state index contributed by atoms with van der Waals surface area (Å²) in [5.74, 6) is 0.937. The van der Waals surface area contributed by atoms with Crippen molar-refractivity contribution in [2.24, 2.45) is 5.73 Å². The lowest BCUT2D eigenvalue weighted by Crippen LogP contribution is -2.18. The van der Waals surface area contributed by atoms with E-state index in [-0.39, 0.29) is 6.04 Å². The Balaban J connectivity index is 2.10. The highest BCUT2D eigenvalue weighted by atomic mass is 79.9. The molecule has 0 fully saturated rings. The molecular formula is C15H18BrNOS. The average Bonchev–Trinajstić information content (AvgIpc) is 2.73. The van der Waals surface area contributed by atoms with Crippen LogP contribution in [0.15, 0.2) is 34.1 Å². The molecule has 0 bridgehead atoms. The fourth-order valence-electron chi connectivity index (χ4n) is 1.93. The third-order valence-electron chi connectivity index (χ3n) is 2.76. The SMILES string of the molecule is Cc1ccc(OCc2ccc(Br)s2)c(CC(C)N)c1. The first-order chi connectivity index (χ1) is 9.04. The second-order valence-corrected chi connectivity index (χ2v) is 7.33. The van der Waals surface area contributed by atoms with Crippen molar-refractivity contribution in [3.8, 4) is 5.75 Å². The molecule has 0 saturated heterocycles. The first-order valence-electron chi connectivity index (χ1n) is 6.26. The van der Waals surface area contributed by atoms with Crippen LogP contribution in [0.1, 0.15) is 22.9 Å². The number of ether oxygens (including phenoxy) is 1. The van der Waals surface area contributed by atoms with E-state index in [2.05, 4.69) is 41.1 Å². The number of benzene rings is 1. The van der Waals surface area contributed by atoms with E-state index < -0.39 is 0 Å². The van der Waals surface area contributed by atoms with E-state index in [1.807, 2.05) is 19.1 Å². The number of rotatable bonds is 5.